The molecule has 0 aromatic heterocycles. The van der Waals surface area contributed by atoms with E-state index in [1.54, 1.807) is 0 Å². The highest BCUT2D eigenvalue weighted by molar-refractivity contribution is 7.90. The fraction of sp³-hybridized carbons (Fsp3) is 0.870. The zero-order valence-corrected chi connectivity index (χ0v) is 19.8. The topological polar surface area (TPSA) is 63.2 Å². The first-order valence-electron chi connectivity index (χ1n) is 11.9. The Hall–Kier alpha value is -1.05. The Balaban J connectivity index is 3.32. The third-order valence-corrected chi connectivity index (χ3v) is 6.47. The molecular formula is C23H42F3NO3S. The number of rotatable bonds is 21. The summed E-state index contributed by atoms with van der Waals surface area (Å²) in [5.41, 5.74) is -5.45. The first-order valence-corrected chi connectivity index (χ1v) is 13.4. The first kappa shape index (κ1) is 29.9. The zero-order valence-electron chi connectivity index (χ0n) is 19.0. The van der Waals surface area contributed by atoms with Crippen molar-refractivity contribution >= 4 is 15.9 Å². The number of allylic oxidation sites excluding steroid dienone is 1. The van der Waals surface area contributed by atoms with Crippen LogP contribution in [0, 0.1) is 0 Å². The van der Waals surface area contributed by atoms with Crippen LogP contribution in [0.5, 0.6) is 0 Å². The molecule has 0 fully saturated rings. The molecule has 0 bridgehead atoms. The van der Waals surface area contributed by atoms with Gasteiger partial charge in [0.15, 0.2) is 0 Å². The van der Waals surface area contributed by atoms with Gasteiger partial charge in [0.25, 0.3) is 0 Å². The summed E-state index contributed by atoms with van der Waals surface area (Å²) in [4.78, 5) is 11.3. The van der Waals surface area contributed by atoms with Crippen LogP contribution < -0.4 is 4.72 Å². The largest absolute Gasteiger partial charge is 0.516 e. The van der Waals surface area contributed by atoms with Gasteiger partial charge in [-0.05, 0) is 19.3 Å². The lowest BCUT2D eigenvalue weighted by Gasteiger charge is -2.09. The quantitative estimate of drug-likeness (QED) is 0.139. The van der Waals surface area contributed by atoms with E-state index in [1.165, 1.54) is 77.0 Å². The number of sulfonamides is 1. The number of nitrogens with one attached hydrogen (secondary N) is 1. The molecule has 1 N–H and O–H groups in total. The Morgan fingerprint density at radius 2 is 1.00 bits per heavy atom. The molecule has 31 heavy (non-hydrogen) atoms. The van der Waals surface area contributed by atoms with Crippen LogP contribution in [0.3, 0.4) is 0 Å². The maximum Gasteiger partial charge on any atom is 0.516 e. The van der Waals surface area contributed by atoms with Crippen molar-refractivity contribution in [3.63, 3.8) is 0 Å². The standard InChI is InChI=1S/C23H42F3NO3S/c1-2-3-4-5-6-7-8-9-10-11-12-13-14-15-16-17-18-19-20-21-22(28)27-31(29,30)23(24,25)26/h2H,1,3-21H2,(H,27,28). The monoisotopic (exact) mass is 469 g/mol. The normalized spacial score (nSPS) is 12.1. The minimum Gasteiger partial charge on any atom is -0.274 e. The number of carbonyl (C=O) groups is 1. The van der Waals surface area contributed by atoms with E-state index in [0.717, 1.165) is 30.4 Å². The van der Waals surface area contributed by atoms with Gasteiger partial charge in [0.05, 0.1) is 0 Å². The van der Waals surface area contributed by atoms with Crippen LogP contribution in [0.15, 0.2) is 12.7 Å². The van der Waals surface area contributed by atoms with Gasteiger partial charge in [-0.2, -0.15) is 21.6 Å². The highest BCUT2D eigenvalue weighted by Gasteiger charge is 2.46. The lowest BCUT2D eigenvalue weighted by molar-refractivity contribution is -0.120. The molecule has 0 saturated heterocycles. The van der Waals surface area contributed by atoms with Crippen molar-refractivity contribution in [2.75, 3.05) is 0 Å². The van der Waals surface area contributed by atoms with Crippen molar-refractivity contribution in [1.82, 2.24) is 4.72 Å². The number of halogens is 3. The highest BCUT2D eigenvalue weighted by atomic mass is 32.2. The Morgan fingerprint density at radius 3 is 1.32 bits per heavy atom. The van der Waals surface area contributed by atoms with Crippen LogP contribution in [-0.4, -0.2) is 19.8 Å². The Morgan fingerprint density at radius 1 is 0.677 bits per heavy atom. The van der Waals surface area contributed by atoms with Crippen molar-refractivity contribution in [3.05, 3.63) is 12.7 Å². The van der Waals surface area contributed by atoms with Gasteiger partial charge in [-0.1, -0.05) is 102 Å². The molecule has 0 unspecified atom stereocenters. The van der Waals surface area contributed by atoms with Gasteiger partial charge in [-0.25, -0.2) is 4.72 Å². The van der Waals surface area contributed by atoms with E-state index in [0.29, 0.717) is 12.8 Å². The molecule has 0 aliphatic carbocycles. The lowest BCUT2D eigenvalue weighted by atomic mass is 10.0. The summed E-state index contributed by atoms with van der Waals surface area (Å²) in [7, 11) is -5.57. The van der Waals surface area contributed by atoms with Gasteiger partial charge < -0.3 is 0 Å². The molecule has 184 valence electrons. The molecule has 0 heterocycles. The van der Waals surface area contributed by atoms with E-state index >= 15 is 0 Å². The third kappa shape index (κ3) is 18.2. The number of alkyl halides is 3. The molecule has 4 nitrogen and oxygen atoms in total. The third-order valence-electron chi connectivity index (χ3n) is 5.36. The average molecular weight is 470 g/mol. The molecule has 0 spiro atoms. The van der Waals surface area contributed by atoms with Crippen LogP contribution in [0.1, 0.15) is 122 Å². The fourth-order valence-electron chi connectivity index (χ4n) is 3.48. The van der Waals surface area contributed by atoms with Crippen molar-refractivity contribution < 1.29 is 26.4 Å². The van der Waals surface area contributed by atoms with E-state index in [4.69, 9.17) is 0 Å². The van der Waals surface area contributed by atoms with Crippen LogP contribution >= 0.6 is 0 Å². The number of unbranched alkanes of at least 4 members (excludes halogenated alkanes) is 17. The molecule has 8 heteroatoms. The van der Waals surface area contributed by atoms with Crippen molar-refractivity contribution in [3.8, 4) is 0 Å². The maximum atomic E-state index is 12.2. The predicted octanol–water partition coefficient (Wildman–Crippen LogP) is 7.55. The van der Waals surface area contributed by atoms with Crippen LogP contribution in [-0.2, 0) is 14.8 Å². The minimum absolute atomic E-state index is 0.204. The minimum atomic E-state index is -5.57. The Bertz CT molecular complexity index is 563. The molecule has 0 aromatic carbocycles. The van der Waals surface area contributed by atoms with Crippen molar-refractivity contribution in [2.24, 2.45) is 0 Å². The highest BCUT2D eigenvalue weighted by Crippen LogP contribution is 2.21. The number of amides is 1. The van der Waals surface area contributed by atoms with Gasteiger partial charge >= 0.3 is 15.5 Å². The summed E-state index contributed by atoms with van der Waals surface area (Å²) in [6.07, 6.45) is 22.8. The van der Waals surface area contributed by atoms with Gasteiger partial charge in [0.2, 0.25) is 5.91 Å². The van der Waals surface area contributed by atoms with Gasteiger partial charge in [-0.3, -0.25) is 4.79 Å². The number of hydrogen-bond acceptors (Lipinski definition) is 3. The van der Waals surface area contributed by atoms with E-state index in [9.17, 15) is 26.4 Å². The second kappa shape index (κ2) is 18.5. The van der Waals surface area contributed by atoms with Crippen LogP contribution in [0.4, 0.5) is 13.2 Å². The van der Waals surface area contributed by atoms with Gasteiger partial charge in [0.1, 0.15) is 0 Å². The van der Waals surface area contributed by atoms with Crippen LogP contribution in [0.25, 0.3) is 0 Å². The maximum absolute atomic E-state index is 12.2. The summed E-state index contributed by atoms with van der Waals surface area (Å²) >= 11 is 0. The molecular weight excluding hydrogens is 427 g/mol. The smallest absolute Gasteiger partial charge is 0.274 e. The second-order valence-corrected chi connectivity index (χ2v) is 9.99. The summed E-state index contributed by atoms with van der Waals surface area (Å²) in [6.45, 7) is 3.74. The lowest BCUT2D eigenvalue weighted by Crippen LogP contribution is -2.40. The first-order chi connectivity index (χ1) is 14.7. The molecule has 1 amide bonds. The second-order valence-electron chi connectivity index (χ2n) is 8.31. The number of carbonyl (C=O) groups excluding carboxylic acids is 1. The molecule has 0 atom stereocenters. The van der Waals surface area contributed by atoms with E-state index in [2.05, 4.69) is 6.58 Å². The Labute approximate surface area is 187 Å². The Kier molecular flexibility index (Phi) is 17.9. The summed E-state index contributed by atoms with van der Waals surface area (Å²) in [6, 6.07) is 0. The van der Waals surface area contributed by atoms with E-state index < -0.39 is 21.4 Å². The predicted molar refractivity (Wildman–Crippen MR) is 121 cm³/mol. The molecule has 0 saturated carbocycles. The summed E-state index contributed by atoms with van der Waals surface area (Å²) in [5, 5.41) is 0. The molecule has 0 aliphatic rings. The van der Waals surface area contributed by atoms with E-state index in [1.807, 2.05) is 6.08 Å². The average Bonchev–Trinajstić information content (AvgIpc) is 2.68. The number of hydrogen-bond donors (Lipinski definition) is 1. The van der Waals surface area contributed by atoms with Crippen molar-refractivity contribution in [1.29, 1.82) is 0 Å². The summed E-state index contributed by atoms with van der Waals surface area (Å²) in [5.74, 6) is -1.10. The summed E-state index contributed by atoms with van der Waals surface area (Å²) < 4.78 is 59.1. The molecule has 0 radical (unpaired) electrons. The fourth-order valence-corrected chi connectivity index (χ4v) is 4.00. The van der Waals surface area contributed by atoms with Crippen molar-refractivity contribution in [2.45, 2.75) is 128 Å². The molecule has 0 aliphatic heterocycles. The van der Waals surface area contributed by atoms with Gasteiger partial charge in [-0.15, -0.1) is 6.58 Å². The molecule has 0 rings (SSSR count). The van der Waals surface area contributed by atoms with Crippen LogP contribution in [0.2, 0.25) is 0 Å². The SMILES string of the molecule is C=CCCCCCCCCCCCCCCCCCCCC(=O)NS(=O)(=O)C(F)(F)F. The zero-order chi connectivity index (χ0) is 23.4. The van der Waals surface area contributed by atoms with Gasteiger partial charge in [0, 0.05) is 6.42 Å². The molecule has 0 aromatic rings. The van der Waals surface area contributed by atoms with E-state index in [-0.39, 0.29) is 6.42 Å².